The van der Waals surface area contributed by atoms with Gasteiger partial charge in [-0.05, 0) is 30.5 Å². The highest BCUT2D eigenvalue weighted by Crippen LogP contribution is 2.35. The number of nitrogen functional groups attached to an aromatic ring is 2. The minimum absolute atomic E-state index is 0.209. The standard InChI is InChI=1S/C19H23N7O/c1-27-14-4-2-3-13(9-14)15-11-22-25-18(15)12-5-7-26(8-6-12)17-10-16(20)23-19(21)24-17/h2-4,9-12H,5-8H2,1H3,(H,22,25)(H4,20,21,23,24). The van der Waals surface area contributed by atoms with Gasteiger partial charge in [-0.1, -0.05) is 12.1 Å². The maximum Gasteiger partial charge on any atom is 0.223 e. The molecule has 0 unspecified atom stereocenters. The van der Waals surface area contributed by atoms with Gasteiger partial charge < -0.3 is 21.1 Å². The monoisotopic (exact) mass is 365 g/mol. The number of ether oxygens (including phenoxy) is 1. The lowest BCUT2D eigenvalue weighted by molar-refractivity contribution is 0.415. The van der Waals surface area contributed by atoms with Crippen LogP contribution in [0.15, 0.2) is 36.5 Å². The predicted molar refractivity (Wildman–Crippen MR) is 106 cm³/mol. The molecule has 1 aliphatic heterocycles. The Bertz CT molecular complexity index is 911. The van der Waals surface area contributed by atoms with Crippen molar-refractivity contribution < 1.29 is 4.74 Å². The minimum atomic E-state index is 0.209. The quantitative estimate of drug-likeness (QED) is 0.649. The molecule has 4 rings (SSSR count). The second-order valence-corrected chi connectivity index (χ2v) is 6.70. The van der Waals surface area contributed by atoms with E-state index >= 15 is 0 Å². The predicted octanol–water partition coefficient (Wildman–Crippen LogP) is 2.42. The van der Waals surface area contributed by atoms with E-state index in [4.69, 9.17) is 16.2 Å². The van der Waals surface area contributed by atoms with Gasteiger partial charge in [0.25, 0.3) is 0 Å². The van der Waals surface area contributed by atoms with Crippen LogP contribution >= 0.6 is 0 Å². The number of anilines is 3. The maximum atomic E-state index is 5.80. The van der Waals surface area contributed by atoms with Crippen molar-refractivity contribution in [3.8, 4) is 16.9 Å². The van der Waals surface area contributed by atoms with Crippen LogP contribution < -0.4 is 21.1 Å². The maximum absolute atomic E-state index is 5.80. The SMILES string of the molecule is COc1cccc(-c2cn[nH]c2C2CCN(c3cc(N)nc(N)n3)CC2)c1. The van der Waals surface area contributed by atoms with Crippen LogP contribution in [0.3, 0.4) is 0 Å². The molecule has 1 aromatic carbocycles. The van der Waals surface area contributed by atoms with Gasteiger partial charge in [-0.3, -0.25) is 5.10 Å². The van der Waals surface area contributed by atoms with Crippen LogP contribution in [-0.2, 0) is 0 Å². The van der Waals surface area contributed by atoms with Gasteiger partial charge >= 0.3 is 0 Å². The molecular weight excluding hydrogens is 342 g/mol. The summed E-state index contributed by atoms with van der Waals surface area (Å²) in [5.41, 5.74) is 14.9. The molecule has 2 aromatic heterocycles. The Balaban J connectivity index is 1.51. The molecule has 3 heterocycles. The highest BCUT2D eigenvalue weighted by atomic mass is 16.5. The fourth-order valence-corrected chi connectivity index (χ4v) is 3.66. The second kappa shape index (κ2) is 7.14. The molecule has 3 aromatic rings. The van der Waals surface area contributed by atoms with Crippen molar-refractivity contribution in [1.82, 2.24) is 20.2 Å². The number of nitrogens with zero attached hydrogens (tertiary/aromatic N) is 4. The molecule has 8 heteroatoms. The molecule has 0 radical (unpaired) electrons. The van der Waals surface area contributed by atoms with E-state index in [1.54, 1.807) is 13.2 Å². The summed E-state index contributed by atoms with van der Waals surface area (Å²) in [5.74, 6) is 2.64. The number of nitrogens with two attached hydrogens (primary N) is 2. The van der Waals surface area contributed by atoms with Crippen molar-refractivity contribution in [3.63, 3.8) is 0 Å². The summed E-state index contributed by atoms with van der Waals surface area (Å²) >= 11 is 0. The number of piperidine rings is 1. The van der Waals surface area contributed by atoms with Crippen LogP contribution in [0.25, 0.3) is 11.1 Å². The summed E-state index contributed by atoms with van der Waals surface area (Å²) in [7, 11) is 1.68. The van der Waals surface area contributed by atoms with Crippen molar-refractivity contribution in [2.24, 2.45) is 0 Å². The zero-order valence-electron chi connectivity index (χ0n) is 15.2. The van der Waals surface area contributed by atoms with Crippen molar-refractivity contribution in [2.75, 3.05) is 36.6 Å². The number of nitrogens with one attached hydrogen (secondary N) is 1. The zero-order chi connectivity index (χ0) is 18.8. The normalized spacial score (nSPS) is 15.1. The number of benzene rings is 1. The van der Waals surface area contributed by atoms with Crippen LogP contribution in [0.5, 0.6) is 5.75 Å². The van der Waals surface area contributed by atoms with Crippen molar-refractivity contribution in [2.45, 2.75) is 18.8 Å². The average Bonchev–Trinajstić information content (AvgIpc) is 3.17. The molecule has 0 amide bonds. The van der Waals surface area contributed by atoms with Crippen LogP contribution in [0, 0.1) is 0 Å². The van der Waals surface area contributed by atoms with Crippen molar-refractivity contribution in [1.29, 1.82) is 0 Å². The van der Waals surface area contributed by atoms with Crippen molar-refractivity contribution >= 4 is 17.6 Å². The van der Waals surface area contributed by atoms with E-state index in [1.807, 2.05) is 24.4 Å². The third kappa shape index (κ3) is 3.51. The first-order chi connectivity index (χ1) is 13.1. The van der Waals surface area contributed by atoms with Gasteiger partial charge in [0.1, 0.15) is 17.4 Å². The van der Waals surface area contributed by atoms with Gasteiger partial charge in [0.05, 0.1) is 13.3 Å². The Kier molecular flexibility index (Phi) is 4.53. The van der Waals surface area contributed by atoms with Crippen molar-refractivity contribution in [3.05, 3.63) is 42.2 Å². The Morgan fingerprint density at radius 2 is 1.96 bits per heavy atom. The summed E-state index contributed by atoms with van der Waals surface area (Å²) < 4.78 is 5.35. The van der Waals surface area contributed by atoms with E-state index in [0.717, 1.165) is 48.6 Å². The number of rotatable bonds is 4. The molecule has 0 spiro atoms. The van der Waals surface area contributed by atoms with E-state index < -0.39 is 0 Å². The van der Waals surface area contributed by atoms with Crippen LogP contribution in [-0.4, -0.2) is 40.4 Å². The number of aromatic amines is 1. The third-order valence-electron chi connectivity index (χ3n) is 5.03. The molecular formula is C19H23N7O. The first-order valence-corrected chi connectivity index (χ1v) is 8.96. The molecule has 27 heavy (non-hydrogen) atoms. The largest absolute Gasteiger partial charge is 0.497 e. The lowest BCUT2D eigenvalue weighted by Crippen LogP contribution is -2.34. The number of hydrogen-bond acceptors (Lipinski definition) is 7. The molecule has 0 aliphatic carbocycles. The Labute approximate surface area is 157 Å². The van der Waals surface area contributed by atoms with Crippen LogP contribution in [0.2, 0.25) is 0 Å². The smallest absolute Gasteiger partial charge is 0.223 e. The van der Waals surface area contributed by atoms with E-state index in [9.17, 15) is 0 Å². The topological polar surface area (TPSA) is 119 Å². The van der Waals surface area contributed by atoms with E-state index in [0.29, 0.717) is 11.7 Å². The molecule has 0 bridgehead atoms. The first-order valence-electron chi connectivity index (χ1n) is 8.96. The van der Waals surface area contributed by atoms with Gasteiger partial charge in [-0.15, -0.1) is 0 Å². The Morgan fingerprint density at radius 3 is 2.70 bits per heavy atom. The average molecular weight is 365 g/mol. The Morgan fingerprint density at radius 1 is 1.15 bits per heavy atom. The summed E-state index contributed by atoms with van der Waals surface area (Å²) in [6.07, 6.45) is 3.87. The Hall–Kier alpha value is -3.29. The fraction of sp³-hybridized carbons (Fsp3) is 0.316. The number of H-pyrrole nitrogens is 1. The van der Waals surface area contributed by atoms with Crippen LogP contribution in [0.4, 0.5) is 17.6 Å². The molecule has 140 valence electrons. The van der Waals surface area contributed by atoms with Crippen LogP contribution in [0.1, 0.15) is 24.5 Å². The molecule has 0 atom stereocenters. The zero-order valence-corrected chi connectivity index (χ0v) is 15.2. The van der Waals surface area contributed by atoms with E-state index in [1.165, 1.54) is 5.69 Å². The number of hydrogen-bond donors (Lipinski definition) is 3. The molecule has 5 N–H and O–H groups in total. The summed E-state index contributed by atoms with van der Waals surface area (Å²) in [6, 6.07) is 9.83. The number of methoxy groups -OCH3 is 1. The molecule has 1 aliphatic rings. The first kappa shape index (κ1) is 17.1. The van der Waals surface area contributed by atoms with E-state index in [-0.39, 0.29) is 5.95 Å². The van der Waals surface area contributed by atoms with Gasteiger partial charge in [-0.2, -0.15) is 15.1 Å². The molecule has 8 nitrogen and oxygen atoms in total. The van der Waals surface area contributed by atoms with Gasteiger partial charge in [0.2, 0.25) is 5.95 Å². The highest BCUT2D eigenvalue weighted by molar-refractivity contribution is 5.67. The van der Waals surface area contributed by atoms with E-state index in [2.05, 4.69) is 31.1 Å². The molecule has 1 fully saturated rings. The van der Waals surface area contributed by atoms with Gasteiger partial charge in [0, 0.05) is 36.3 Å². The summed E-state index contributed by atoms with van der Waals surface area (Å²) in [5, 5.41) is 7.51. The lowest BCUT2D eigenvalue weighted by atomic mass is 9.89. The summed E-state index contributed by atoms with van der Waals surface area (Å²) in [4.78, 5) is 10.4. The third-order valence-corrected chi connectivity index (χ3v) is 5.03. The minimum Gasteiger partial charge on any atom is -0.497 e. The highest BCUT2D eigenvalue weighted by Gasteiger charge is 2.25. The molecule has 1 saturated heterocycles. The van der Waals surface area contributed by atoms with Gasteiger partial charge in [-0.25, -0.2) is 0 Å². The number of aromatic nitrogens is 4. The summed E-state index contributed by atoms with van der Waals surface area (Å²) in [6.45, 7) is 1.74. The fourth-order valence-electron chi connectivity index (χ4n) is 3.66. The molecule has 0 saturated carbocycles. The van der Waals surface area contributed by atoms with Gasteiger partial charge in [0.15, 0.2) is 0 Å². The second-order valence-electron chi connectivity index (χ2n) is 6.70. The lowest BCUT2D eigenvalue weighted by Gasteiger charge is -2.32.